The highest BCUT2D eigenvalue weighted by Crippen LogP contribution is 2.15. The number of nitrogens with one attached hydrogen (secondary N) is 2. The molecule has 8 heteroatoms. The molecule has 0 radical (unpaired) electrons. The van der Waals surface area contributed by atoms with Gasteiger partial charge in [0.25, 0.3) is 0 Å². The molecule has 118 valence electrons. The van der Waals surface area contributed by atoms with Crippen LogP contribution < -0.4 is 10.6 Å². The molecule has 1 atom stereocenters. The number of esters is 2. The van der Waals surface area contributed by atoms with Crippen LogP contribution in [-0.2, 0) is 14.3 Å². The van der Waals surface area contributed by atoms with Crippen LogP contribution in [0.1, 0.15) is 24.4 Å². The molecule has 8 nitrogen and oxygen atoms in total. The summed E-state index contributed by atoms with van der Waals surface area (Å²) in [5.41, 5.74) is 0.406. The fraction of sp³-hybridized carbons (Fsp3) is 0.357. The smallest absolute Gasteiger partial charge is 0.374 e. The van der Waals surface area contributed by atoms with Crippen LogP contribution in [0.15, 0.2) is 34.1 Å². The molecular weight excluding hydrogens is 292 g/mol. The van der Waals surface area contributed by atoms with Gasteiger partial charge >= 0.3 is 18.0 Å². The topological polar surface area (TPSA) is 107 Å². The maximum atomic E-state index is 12.0. The maximum absolute atomic E-state index is 12.0. The van der Waals surface area contributed by atoms with Crippen LogP contribution in [0.25, 0.3) is 0 Å². The fourth-order valence-corrected chi connectivity index (χ4v) is 2.00. The largest absolute Gasteiger partial charge is 0.463 e. The molecule has 1 aromatic heterocycles. The highest BCUT2D eigenvalue weighted by molar-refractivity contribution is 5.95. The Labute approximate surface area is 126 Å². The molecule has 0 saturated carbocycles. The highest BCUT2D eigenvalue weighted by Gasteiger charge is 2.30. The molecule has 0 spiro atoms. The van der Waals surface area contributed by atoms with Crippen LogP contribution in [0.5, 0.6) is 0 Å². The zero-order valence-corrected chi connectivity index (χ0v) is 12.2. The Bertz CT molecular complexity index is 605. The van der Waals surface area contributed by atoms with Crippen molar-refractivity contribution in [2.75, 3.05) is 13.2 Å². The van der Waals surface area contributed by atoms with E-state index in [-0.39, 0.29) is 30.2 Å². The van der Waals surface area contributed by atoms with Gasteiger partial charge in [-0.25, -0.2) is 14.4 Å². The van der Waals surface area contributed by atoms with Gasteiger partial charge < -0.3 is 24.5 Å². The molecule has 2 amide bonds. The number of rotatable bonds is 5. The molecular formula is C14H16N2O6. The average molecular weight is 308 g/mol. The van der Waals surface area contributed by atoms with E-state index in [2.05, 4.69) is 10.6 Å². The molecule has 0 bridgehead atoms. The Hall–Kier alpha value is -2.77. The second kappa shape index (κ2) is 6.79. The average Bonchev–Trinajstić information content (AvgIpc) is 2.98. The van der Waals surface area contributed by atoms with Crippen LogP contribution >= 0.6 is 0 Å². The van der Waals surface area contributed by atoms with Crippen LogP contribution in [0, 0.1) is 0 Å². The number of urea groups is 1. The number of ether oxygens (including phenoxy) is 2. The summed E-state index contributed by atoms with van der Waals surface area (Å²) in [6, 6.07) is 1.97. The van der Waals surface area contributed by atoms with Crippen molar-refractivity contribution in [2.24, 2.45) is 0 Å². The van der Waals surface area contributed by atoms with Gasteiger partial charge in [-0.05, 0) is 26.0 Å². The van der Waals surface area contributed by atoms with Crippen molar-refractivity contribution < 1.29 is 28.3 Å². The molecule has 0 aliphatic carbocycles. The third kappa shape index (κ3) is 3.46. The van der Waals surface area contributed by atoms with Crippen LogP contribution in [-0.4, -0.2) is 37.2 Å². The summed E-state index contributed by atoms with van der Waals surface area (Å²) >= 11 is 0. The van der Waals surface area contributed by atoms with Crippen molar-refractivity contribution in [3.05, 3.63) is 35.4 Å². The zero-order valence-electron chi connectivity index (χ0n) is 12.2. The minimum absolute atomic E-state index is 0.0339. The first-order chi connectivity index (χ1) is 10.5. The molecule has 2 heterocycles. The predicted molar refractivity (Wildman–Crippen MR) is 73.8 cm³/mol. The molecule has 0 aromatic carbocycles. The first kappa shape index (κ1) is 15.6. The summed E-state index contributed by atoms with van der Waals surface area (Å²) in [7, 11) is 0. The standard InChI is InChI=1S/C14H16N2O6/c1-3-20-13(18)11-8(2)15-14(19)16-9(11)7-22-12(17)10-5-4-6-21-10/h4-6,8H,3,7H2,1-2H3,(H2,15,16,19). The number of furan rings is 1. The number of carbonyl (C=O) groups is 3. The molecule has 2 N–H and O–H groups in total. The van der Waals surface area contributed by atoms with E-state index in [9.17, 15) is 14.4 Å². The van der Waals surface area contributed by atoms with E-state index in [1.165, 1.54) is 12.3 Å². The van der Waals surface area contributed by atoms with E-state index < -0.39 is 24.0 Å². The van der Waals surface area contributed by atoms with Crippen molar-refractivity contribution in [3.63, 3.8) is 0 Å². The van der Waals surface area contributed by atoms with Gasteiger partial charge in [-0.1, -0.05) is 0 Å². The summed E-state index contributed by atoms with van der Waals surface area (Å²) in [6.45, 7) is 3.24. The van der Waals surface area contributed by atoms with Crippen molar-refractivity contribution >= 4 is 18.0 Å². The van der Waals surface area contributed by atoms with E-state index >= 15 is 0 Å². The van der Waals surface area contributed by atoms with E-state index in [1.807, 2.05) is 0 Å². The third-order valence-electron chi connectivity index (χ3n) is 2.94. The Balaban J connectivity index is 2.15. The second-order valence-electron chi connectivity index (χ2n) is 4.49. The molecule has 0 fully saturated rings. The van der Waals surface area contributed by atoms with Gasteiger partial charge in [0.05, 0.1) is 30.2 Å². The summed E-state index contributed by atoms with van der Waals surface area (Å²) in [6.07, 6.45) is 1.34. The lowest BCUT2D eigenvalue weighted by atomic mass is 10.0. The lowest BCUT2D eigenvalue weighted by Gasteiger charge is -2.26. The van der Waals surface area contributed by atoms with Gasteiger partial charge in [0.1, 0.15) is 6.61 Å². The molecule has 1 aliphatic heterocycles. The normalized spacial score (nSPS) is 17.5. The first-order valence-corrected chi connectivity index (χ1v) is 6.71. The Kier molecular flexibility index (Phi) is 4.82. The number of hydrogen-bond acceptors (Lipinski definition) is 6. The van der Waals surface area contributed by atoms with Crippen molar-refractivity contribution in [3.8, 4) is 0 Å². The lowest BCUT2D eigenvalue weighted by molar-refractivity contribution is -0.139. The summed E-state index contributed by atoms with van der Waals surface area (Å²) in [5.74, 6) is -1.24. The van der Waals surface area contributed by atoms with Crippen molar-refractivity contribution in [1.29, 1.82) is 0 Å². The Morgan fingerprint density at radius 2 is 2.09 bits per heavy atom. The minimum atomic E-state index is -0.693. The van der Waals surface area contributed by atoms with Gasteiger partial charge in [-0.2, -0.15) is 0 Å². The Morgan fingerprint density at radius 3 is 2.73 bits per heavy atom. The fourth-order valence-electron chi connectivity index (χ4n) is 2.00. The van der Waals surface area contributed by atoms with Gasteiger partial charge in [-0.3, -0.25) is 0 Å². The number of amides is 2. The molecule has 1 unspecified atom stereocenters. The van der Waals surface area contributed by atoms with Gasteiger partial charge in [0, 0.05) is 0 Å². The quantitative estimate of drug-likeness (QED) is 0.784. The molecule has 1 aromatic rings. The van der Waals surface area contributed by atoms with E-state index in [0.717, 1.165) is 0 Å². The second-order valence-corrected chi connectivity index (χ2v) is 4.49. The monoisotopic (exact) mass is 308 g/mol. The van der Waals surface area contributed by atoms with Gasteiger partial charge in [0.2, 0.25) is 5.76 Å². The minimum Gasteiger partial charge on any atom is -0.463 e. The van der Waals surface area contributed by atoms with Crippen LogP contribution in [0.4, 0.5) is 4.79 Å². The van der Waals surface area contributed by atoms with E-state index in [1.54, 1.807) is 19.9 Å². The maximum Gasteiger partial charge on any atom is 0.374 e. The molecule has 0 saturated heterocycles. The van der Waals surface area contributed by atoms with Gasteiger partial charge in [0.15, 0.2) is 0 Å². The molecule has 2 rings (SSSR count). The number of carbonyl (C=O) groups excluding carboxylic acids is 3. The van der Waals surface area contributed by atoms with E-state index in [0.29, 0.717) is 0 Å². The third-order valence-corrected chi connectivity index (χ3v) is 2.94. The SMILES string of the molecule is CCOC(=O)C1=C(COC(=O)c2ccco2)NC(=O)NC1C. The summed E-state index contributed by atoms with van der Waals surface area (Å²) < 4.78 is 14.9. The van der Waals surface area contributed by atoms with Crippen LogP contribution in [0.3, 0.4) is 0 Å². The predicted octanol–water partition coefficient (Wildman–Crippen LogP) is 0.955. The highest BCUT2D eigenvalue weighted by atomic mass is 16.5. The zero-order chi connectivity index (χ0) is 16.1. The Morgan fingerprint density at radius 1 is 1.32 bits per heavy atom. The lowest BCUT2D eigenvalue weighted by Crippen LogP contribution is -2.50. The number of hydrogen-bond donors (Lipinski definition) is 2. The van der Waals surface area contributed by atoms with Gasteiger partial charge in [-0.15, -0.1) is 0 Å². The summed E-state index contributed by atoms with van der Waals surface area (Å²) in [4.78, 5) is 35.2. The van der Waals surface area contributed by atoms with Crippen molar-refractivity contribution in [2.45, 2.75) is 19.9 Å². The van der Waals surface area contributed by atoms with Crippen LogP contribution in [0.2, 0.25) is 0 Å². The summed E-state index contributed by atoms with van der Waals surface area (Å²) in [5, 5.41) is 5.00. The van der Waals surface area contributed by atoms with E-state index in [4.69, 9.17) is 13.9 Å². The molecule has 22 heavy (non-hydrogen) atoms. The van der Waals surface area contributed by atoms with Crippen molar-refractivity contribution in [1.82, 2.24) is 10.6 Å². The first-order valence-electron chi connectivity index (χ1n) is 6.71. The molecule has 1 aliphatic rings.